The second-order valence-electron chi connectivity index (χ2n) is 5.31. The van der Waals surface area contributed by atoms with Crippen molar-refractivity contribution >= 4 is 34.5 Å². The first kappa shape index (κ1) is 16.9. The number of halogens is 1. The van der Waals surface area contributed by atoms with E-state index in [-0.39, 0.29) is 18.2 Å². The number of carbonyl (C=O) groups is 2. The summed E-state index contributed by atoms with van der Waals surface area (Å²) in [6.07, 6.45) is 0.879. The lowest BCUT2D eigenvalue weighted by atomic mass is 9.94. The molecule has 0 bridgehead atoms. The fourth-order valence-corrected chi connectivity index (χ4v) is 2.66. The molecule has 0 saturated carbocycles. The fourth-order valence-electron chi connectivity index (χ4n) is 2.12. The Hall–Kier alpha value is -1.11. The summed E-state index contributed by atoms with van der Waals surface area (Å²) in [5, 5.41) is 11.7. The lowest BCUT2D eigenvalue weighted by Crippen LogP contribution is -2.31. The van der Waals surface area contributed by atoms with Crippen LogP contribution in [-0.2, 0) is 4.79 Å². The van der Waals surface area contributed by atoms with Crippen LogP contribution in [0.25, 0.3) is 0 Å². The van der Waals surface area contributed by atoms with Gasteiger partial charge in [0.1, 0.15) is 0 Å². The van der Waals surface area contributed by atoms with E-state index in [2.05, 4.69) is 41.8 Å². The molecule has 110 valence electrons. The van der Waals surface area contributed by atoms with Crippen molar-refractivity contribution in [1.82, 2.24) is 5.32 Å². The minimum atomic E-state index is -0.820. The normalized spacial score (nSPS) is 12.2. The Kier molecular flexibility index (Phi) is 6.98. The number of benzene rings is 1. The van der Waals surface area contributed by atoms with Gasteiger partial charge in [0.05, 0.1) is 0 Å². The number of carbonyl (C=O) groups excluding carboxylic acids is 1. The minimum Gasteiger partial charge on any atom is -0.481 e. The van der Waals surface area contributed by atoms with Crippen molar-refractivity contribution in [1.29, 1.82) is 0 Å². The van der Waals surface area contributed by atoms with E-state index in [9.17, 15) is 9.59 Å². The fraction of sp³-hybridized carbons (Fsp3) is 0.467. The average Bonchev–Trinajstić information content (AvgIpc) is 2.34. The lowest BCUT2D eigenvalue weighted by Gasteiger charge is -2.17. The van der Waals surface area contributed by atoms with Crippen LogP contribution in [0.2, 0.25) is 0 Å². The highest BCUT2D eigenvalue weighted by Gasteiger charge is 2.16. The number of nitrogens with one attached hydrogen (secondary N) is 1. The van der Waals surface area contributed by atoms with Crippen LogP contribution < -0.4 is 5.32 Å². The van der Waals surface area contributed by atoms with Gasteiger partial charge in [-0.15, -0.1) is 0 Å². The van der Waals surface area contributed by atoms with Gasteiger partial charge in [0.25, 0.3) is 5.91 Å². The zero-order valence-electron chi connectivity index (χ0n) is 11.7. The van der Waals surface area contributed by atoms with Crippen LogP contribution in [0, 0.1) is 15.4 Å². The first-order valence-electron chi connectivity index (χ1n) is 6.64. The Labute approximate surface area is 133 Å². The molecule has 0 saturated heterocycles. The lowest BCUT2D eigenvalue weighted by molar-refractivity contribution is -0.138. The number of carboxylic acids is 1. The Bertz CT molecular complexity index is 474. The highest BCUT2D eigenvalue weighted by atomic mass is 127. The van der Waals surface area contributed by atoms with Gasteiger partial charge in [0, 0.05) is 22.1 Å². The number of hydrogen-bond acceptors (Lipinski definition) is 2. The second kappa shape index (κ2) is 8.24. The molecular formula is C15H20INO3. The van der Waals surface area contributed by atoms with E-state index in [0.29, 0.717) is 18.0 Å². The highest BCUT2D eigenvalue weighted by Crippen LogP contribution is 2.15. The molecule has 5 heteroatoms. The van der Waals surface area contributed by atoms with E-state index in [4.69, 9.17) is 5.11 Å². The van der Waals surface area contributed by atoms with E-state index in [0.717, 1.165) is 9.99 Å². The van der Waals surface area contributed by atoms with Crippen molar-refractivity contribution in [3.63, 3.8) is 0 Å². The molecule has 1 rings (SSSR count). The van der Waals surface area contributed by atoms with Crippen molar-refractivity contribution in [2.45, 2.75) is 26.7 Å². The quantitative estimate of drug-likeness (QED) is 0.705. The molecule has 1 aromatic rings. The maximum atomic E-state index is 12.0. The maximum Gasteiger partial charge on any atom is 0.303 e. The third-order valence-corrected chi connectivity index (χ3v) is 3.58. The summed E-state index contributed by atoms with van der Waals surface area (Å²) in [7, 11) is 0. The summed E-state index contributed by atoms with van der Waals surface area (Å²) in [6.45, 7) is 4.50. The molecule has 0 unspecified atom stereocenters. The topological polar surface area (TPSA) is 66.4 Å². The summed E-state index contributed by atoms with van der Waals surface area (Å²) in [5.41, 5.74) is 0.607. The third-order valence-electron chi connectivity index (χ3n) is 2.91. The Balaban J connectivity index is 2.57. The van der Waals surface area contributed by atoms with E-state index >= 15 is 0 Å². The van der Waals surface area contributed by atoms with Crippen LogP contribution in [0.3, 0.4) is 0 Å². The van der Waals surface area contributed by atoms with Gasteiger partial charge in [-0.2, -0.15) is 0 Å². The van der Waals surface area contributed by atoms with E-state index in [1.54, 1.807) is 6.07 Å². The molecule has 0 aromatic heterocycles. The molecule has 0 aliphatic rings. The van der Waals surface area contributed by atoms with Crippen LogP contribution in [-0.4, -0.2) is 23.5 Å². The Morgan fingerprint density at radius 2 is 2.05 bits per heavy atom. The Morgan fingerprint density at radius 3 is 2.60 bits per heavy atom. The molecule has 0 heterocycles. The van der Waals surface area contributed by atoms with Gasteiger partial charge in [-0.05, 0) is 59.0 Å². The van der Waals surface area contributed by atoms with Crippen LogP contribution in [0.1, 0.15) is 37.0 Å². The SMILES string of the molecule is CC(C)C[C@H](CNC(=O)c1cccc(I)c1)CC(=O)O. The number of hydrogen-bond donors (Lipinski definition) is 2. The van der Waals surface area contributed by atoms with Crippen molar-refractivity contribution in [3.05, 3.63) is 33.4 Å². The van der Waals surface area contributed by atoms with E-state index in [1.165, 1.54) is 0 Å². The summed E-state index contributed by atoms with van der Waals surface area (Å²) in [5.74, 6) is -0.588. The van der Waals surface area contributed by atoms with E-state index < -0.39 is 5.97 Å². The number of rotatable bonds is 7. The monoisotopic (exact) mass is 389 g/mol. The van der Waals surface area contributed by atoms with Gasteiger partial charge in [0.15, 0.2) is 0 Å². The molecule has 0 spiro atoms. The third kappa shape index (κ3) is 6.36. The molecule has 0 aliphatic heterocycles. The van der Waals surface area contributed by atoms with Gasteiger partial charge in [-0.25, -0.2) is 0 Å². The first-order valence-corrected chi connectivity index (χ1v) is 7.72. The van der Waals surface area contributed by atoms with Gasteiger partial charge < -0.3 is 10.4 Å². The van der Waals surface area contributed by atoms with Gasteiger partial charge in [-0.3, -0.25) is 9.59 Å². The molecule has 1 atom stereocenters. The van der Waals surface area contributed by atoms with Crippen molar-refractivity contribution < 1.29 is 14.7 Å². The molecule has 4 nitrogen and oxygen atoms in total. The van der Waals surface area contributed by atoms with Crippen molar-refractivity contribution in [3.8, 4) is 0 Å². The first-order chi connectivity index (χ1) is 9.38. The smallest absolute Gasteiger partial charge is 0.303 e. The predicted molar refractivity (Wildman–Crippen MR) is 86.7 cm³/mol. The van der Waals surface area contributed by atoms with Crippen molar-refractivity contribution in [2.75, 3.05) is 6.54 Å². The predicted octanol–water partition coefficient (Wildman–Crippen LogP) is 3.16. The van der Waals surface area contributed by atoms with Crippen LogP contribution in [0.15, 0.2) is 24.3 Å². The van der Waals surface area contributed by atoms with Gasteiger partial charge >= 0.3 is 5.97 Å². The summed E-state index contributed by atoms with van der Waals surface area (Å²) < 4.78 is 1.000. The molecule has 1 aromatic carbocycles. The second-order valence-corrected chi connectivity index (χ2v) is 6.56. The average molecular weight is 389 g/mol. The van der Waals surface area contributed by atoms with Crippen molar-refractivity contribution in [2.24, 2.45) is 11.8 Å². The highest BCUT2D eigenvalue weighted by molar-refractivity contribution is 14.1. The Morgan fingerprint density at radius 1 is 1.35 bits per heavy atom. The maximum absolute atomic E-state index is 12.0. The summed E-state index contributed by atoms with van der Waals surface area (Å²) in [4.78, 5) is 22.8. The number of amides is 1. The van der Waals surface area contributed by atoms with Crippen LogP contribution >= 0.6 is 22.6 Å². The molecular weight excluding hydrogens is 369 g/mol. The zero-order valence-corrected chi connectivity index (χ0v) is 13.9. The zero-order chi connectivity index (χ0) is 15.1. The van der Waals surface area contributed by atoms with Gasteiger partial charge in [-0.1, -0.05) is 19.9 Å². The number of aliphatic carboxylic acids is 1. The van der Waals surface area contributed by atoms with E-state index in [1.807, 2.05) is 18.2 Å². The van der Waals surface area contributed by atoms with Crippen LogP contribution in [0.4, 0.5) is 0 Å². The molecule has 0 radical (unpaired) electrons. The molecule has 2 N–H and O–H groups in total. The summed E-state index contributed by atoms with van der Waals surface area (Å²) >= 11 is 2.15. The van der Waals surface area contributed by atoms with Crippen LogP contribution in [0.5, 0.6) is 0 Å². The summed E-state index contributed by atoms with van der Waals surface area (Å²) in [6, 6.07) is 7.32. The van der Waals surface area contributed by atoms with Gasteiger partial charge in [0.2, 0.25) is 0 Å². The molecule has 20 heavy (non-hydrogen) atoms. The number of carboxylic acid groups (broad SMARTS) is 1. The molecule has 1 amide bonds. The molecule has 0 aliphatic carbocycles. The largest absolute Gasteiger partial charge is 0.481 e. The minimum absolute atomic E-state index is 0.0285. The standard InChI is InChI=1S/C15H20INO3/c1-10(2)6-11(7-14(18)19)9-17-15(20)12-4-3-5-13(16)8-12/h3-5,8,10-11H,6-7,9H2,1-2H3,(H,17,20)(H,18,19)/t11-/m0/s1. The molecule has 0 fully saturated rings.